The highest BCUT2D eigenvalue weighted by Gasteiger charge is 2.23. The van der Waals surface area contributed by atoms with Gasteiger partial charge in [0.2, 0.25) is 0 Å². The van der Waals surface area contributed by atoms with Crippen LogP contribution in [0.4, 0.5) is 10.5 Å². The van der Waals surface area contributed by atoms with Crippen molar-refractivity contribution in [2.75, 3.05) is 11.9 Å². The number of nitrogens with one attached hydrogen (secondary N) is 2. The number of amides is 2. The SMILES string of the molecule is CC(C)(C)OC(=O)Nc1ccc(CCNC(=O)c2ccc(-c3c4ccc(=O)cc-4oc4cc(O)ccc34)c(C(=O)O)c2)cc1. The molecule has 5 rings (SSSR count). The largest absolute Gasteiger partial charge is 0.508 e. The molecule has 4 N–H and O–H groups in total. The predicted octanol–water partition coefficient (Wildman–Crippen LogP) is 6.29. The number of aromatic carboxylic acids is 1. The van der Waals surface area contributed by atoms with E-state index < -0.39 is 23.6 Å². The third kappa shape index (κ3) is 6.70. The molecule has 0 unspecified atom stereocenters. The van der Waals surface area contributed by atoms with Crippen molar-refractivity contribution in [1.29, 1.82) is 0 Å². The molecule has 1 aliphatic heterocycles. The van der Waals surface area contributed by atoms with Gasteiger partial charge in [0.1, 0.15) is 22.7 Å². The number of ether oxygens (including phenoxy) is 1. The number of carboxylic acid groups (broad SMARTS) is 1. The summed E-state index contributed by atoms with van der Waals surface area (Å²) in [5.74, 6) is -1.50. The zero-order valence-electron chi connectivity index (χ0n) is 24.3. The number of carbonyl (C=O) groups is 3. The van der Waals surface area contributed by atoms with Crippen LogP contribution in [0.15, 0.2) is 88.1 Å². The van der Waals surface area contributed by atoms with Gasteiger partial charge in [-0.15, -0.1) is 0 Å². The van der Waals surface area contributed by atoms with Gasteiger partial charge in [-0.2, -0.15) is 0 Å². The fourth-order valence-electron chi connectivity index (χ4n) is 4.83. The van der Waals surface area contributed by atoms with E-state index in [9.17, 15) is 29.4 Å². The highest BCUT2D eigenvalue weighted by Crippen LogP contribution is 2.42. The maximum atomic E-state index is 13.0. The maximum absolute atomic E-state index is 13.0. The van der Waals surface area contributed by atoms with Crippen molar-refractivity contribution in [3.05, 3.63) is 106 Å². The molecule has 1 heterocycles. The molecule has 0 saturated heterocycles. The average Bonchev–Trinajstić information content (AvgIpc) is 2.95. The molecule has 10 nitrogen and oxygen atoms in total. The van der Waals surface area contributed by atoms with Gasteiger partial charge in [0.15, 0.2) is 5.43 Å². The number of hydrogen-bond donors (Lipinski definition) is 4. The molecule has 0 fully saturated rings. The van der Waals surface area contributed by atoms with Crippen molar-refractivity contribution in [3.63, 3.8) is 0 Å². The van der Waals surface area contributed by atoms with Crippen molar-refractivity contribution < 1.29 is 33.8 Å². The number of anilines is 1. The number of rotatable bonds is 7. The van der Waals surface area contributed by atoms with E-state index in [2.05, 4.69) is 10.6 Å². The Labute approximate surface area is 252 Å². The Bertz CT molecular complexity index is 1920. The molecule has 224 valence electrons. The number of phenols is 1. The van der Waals surface area contributed by atoms with Gasteiger partial charge in [0, 0.05) is 46.4 Å². The van der Waals surface area contributed by atoms with Crippen molar-refractivity contribution in [1.82, 2.24) is 5.32 Å². The molecule has 1 aliphatic carbocycles. The summed E-state index contributed by atoms with van der Waals surface area (Å²) in [6.45, 7) is 5.63. The van der Waals surface area contributed by atoms with E-state index in [-0.39, 0.29) is 40.2 Å². The lowest BCUT2D eigenvalue weighted by molar-refractivity contribution is 0.0633. The minimum atomic E-state index is -1.24. The molecule has 0 atom stereocenters. The first-order valence-corrected chi connectivity index (χ1v) is 13.8. The fraction of sp³-hybridized carbons (Fsp3) is 0.176. The molecule has 3 aromatic carbocycles. The van der Waals surface area contributed by atoms with Crippen LogP contribution in [-0.2, 0) is 11.2 Å². The van der Waals surface area contributed by atoms with Crippen LogP contribution in [0.3, 0.4) is 0 Å². The van der Waals surface area contributed by atoms with E-state index in [1.807, 2.05) is 12.1 Å². The quantitative estimate of drug-likeness (QED) is 0.160. The van der Waals surface area contributed by atoms with E-state index in [1.165, 1.54) is 30.3 Å². The standard InChI is InChI=1S/C34H30N2O8/c1-34(2,3)44-33(42)36-21-7-4-19(5-8-21)14-15-35-31(39)20-6-11-24(27(16-20)32(40)41)30-25-12-9-22(37)17-28(25)43-29-18-23(38)10-13-26(29)30/h4-13,16-18,37H,14-15H2,1-3H3,(H,35,39)(H,36,42)(H,40,41). The highest BCUT2D eigenvalue weighted by molar-refractivity contribution is 6.09. The monoisotopic (exact) mass is 594 g/mol. The molecule has 0 spiro atoms. The van der Waals surface area contributed by atoms with Gasteiger partial charge in [-0.1, -0.05) is 18.2 Å². The number of carboxylic acids is 1. The molecule has 2 amide bonds. The Balaban J connectivity index is 1.35. The second-order valence-electron chi connectivity index (χ2n) is 11.2. The molecule has 0 saturated carbocycles. The molecule has 2 aliphatic rings. The Hall–Kier alpha value is -5.64. The van der Waals surface area contributed by atoms with E-state index in [4.69, 9.17) is 9.15 Å². The number of phenolic OH excluding ortho intramolecular Hbond substituents is 1. The minimum absolute atomic E-state index is 0.0521. The van der Waals surface area contributed by atoms with Crippen LogP contribution in [0.25, 0.3) is 33.4 Å². The highest BCUT2D eigenvalue weighted by atomic mass is 16.6. The number of carbonyl (C=O) groups excluding carboxylic acids is 2. The summed E-state index contributed by atoms with van der Waals surface area (Å²) in [5, 5.41) is 26.2. The summed E-state index contributed by atoms with van der Waals surface area (Å²) in [6, 6.07) is 20.2. The van der Waals surface area contributed by atoms with Crippen LogP contribution in [0.5, 0.6) is 5.75 Å². The van der Waals surface area contributed by atoms with E-state index >= 15 is 0 Å². The molecule has 0 aromatic heterocycles. The molecular formula is C34H30N2O8. The molecule has 10 heteroatoms. The van der Waals surface area contributed by atoms with Gasteiger partial charge in [-0.3, -0.25) is 14.9 Å². The summed E-state index contributed by atoms with van der Waals surface area (Å²) in [5.41, 5.74) is 2.25. The van der Waals surface area contributed by atoms with Gasteiger partial charge < -0.3 is 24.7 Å². The number of hydrogen-bond acceptors (Lipinski definition) is 7. The molecule has 44 heavy (non-hydrogen) atoms. The second-order valence-corrected chi connectivity index (χ2v) is 11.2. The first-order chi connectivity index (χ1) is 20.9. The topological polar surface area (TPSA) is 155 Å². The van der Waals surface area contributed by atoms with E-state index in [0.717, 1.165) is 5.56 Å². The average molecular weight is 595 g/mol. The number of benzene rings is 4. The minimum Gasteiger partial charge on any atom is -0.508 e. The third-order valence-electron chi connectivity index (χ3n) is 6.76. The summed E-state index contributed by atoms with van der Waals surface area (Å²) in [7, 11) is 0. The van der Waals surface area contributed by atoms with Gasteiger partial charge in [-0.05, 0) is 86.8 Å². The Kier molecular flexibility index (Phi) is 8.09. The van der Waals surface area contributed by atoms with Crippen LogP contribution < -0.4 is 16.1 Å². The summed E-state index contributed by atoms with van der Waals surface area (Å²) >= 11 is 0. The fourth-order valence-corrected chi connectivity index (χ4v) is 4.83. The lowest BCUT2D eigenvalue weighted by Crippen LogP contribution is -2.27. The van der Waals surface area contributed by atoms with E-state index in [0.29, 0.717) is 34.2 Å². The first-order valence-electron chi connectivity index (χ1n) is 13.8. The number of fused-ring (bicyclic) bond motifs is 2. The maximum Gasteiger partial charge on any atom is 0.412 e. The van der Waals surface area contributed by atoms with Gasteiger partial charge in [-0.25, -0.2) is 9.59 Å². The smallest absolute Gasteiger partial charge is 0.412 e. The summed E-state index contributed by atoms with van der Waals surface area (Å²) in [4.78, 5) is 49.4. The zero-order chi connectivity index (χ0) is 31.6. The van der Waals surface area contributed by atoms with Crippen LogP contribution in [0.1, 0.15) is 47.1 Å². The van der Waals surface area contributed by atoms with Gasteiger partial charge >= 0.3 is 12.1 Å². The molecule has 3 aromatic rings. The second kappa shape index (κ2) is 11.9. The Morgan fingerprint density at radius 2 is 1.61 bits per heavy atom. The number of aromatic hydroxyl groups is 1. The first kappa shape index (κ1) is 29.8. The van der Waals surface area contributed by atoms with Crippen molar-refractivity contribution >= 4 is 34.6 Å². The lowest BCUT2D eigenvalue weighted by Gasteiger charge is -2.19. The summed E-state index contributed by atoms with van der Waals surface area (Å²) in [6.07, 6.45) is -0.0497. The van der Waals surface area contributed by atoms with Crippen LogP contribution in [-0.4, -0.2) is 40.3 Å². The summed E-state index contributed by atoms with van der Waals surface area (Å²) < 4.78 is 11.1. The van der Waals surface area contributed by atoms with Crippen molar-refractivity contribution in [3.8, 4) is 28.2 Å². The van der Waals surface area contributed by atoms with Gasteiger partial charge in [0.05, 0.1) is 5.56 Å². The van der Waals surface area contributed by atoms with Crippen LogP contribution >= 0.6 is 0 Å². The molecule has 0 bridgehead atoms. The Morgan fingerprint density at radius 3 is 2.32 bits per heavy atom. The normalized spacial score (nSPS) is 11.3. The third-order valence-corrected chi connectivity index (χ3v) is 6.76. The van der Waals surface area contributed by atoms with Gasteiger partial charge in [0.25, 0.3) is 5.91 Å². The van der Waals surface area contributed by atoms with Crippen LogP contribution in [0.2, 0.25) is 0 Å². The van der Waals surface area contributed by atoms with Crippen LogP contribution in [0, 0.1) is 0 Å². The molecule has 0 radical (unpaired) electrons. The lowest BCUT2D eigenvalue weighted by atomic mass is 9.90. The van der Waals surface area contributed by atoms with Crippen molar-refractivity contribution in [2.24, 2.45) is 0 Å². The zero-order valence-corrected chi connectivity index (χ0v) is 24.3. The van der Waals surface area contributed by atoms with E-state index in [1.54, 1.807) is 57.2 Å². The molecular weight excluding hydrogens is 564 g/mol. The Morgan fingerprint density at radius 1 is 0.886 bits per heavy atom. The van der Waals surface area contributed by atoms with Crippen molar-refractivity contribution in [2.45, 2.75) is 32.8 Å². The predicted molar refractivity (Wildman–Crippen MR) is 166 cm³/mol.